The van der Waals surface area contributed by atoms with Crippen LogP contribution in [0.1, 0.15) is 0 Å². The topological polar surface area (TPSA) is 77.3 Å². The molecule has 1 rings (SSSR count). The van der Waals surface area contributed by atoms with Crippen molar-refractivity contribution in [3.05, 3.63) is 32.5 Å². The third kappa shape index (κ3) is 2.44. The molecule has 0 saturated carbocycles. The van der Waals surface area contributed by atoms with Crippen LogP contribution in [-0.2, 0) is 9.05 Å². The third-order valence-electron chi connectivity index (χ3n) is 1.47. The average Bonchev–Trinajstić information content (AvgIpc) is 2.00. The predicted octanol–water partition coefficient (Wildman–Crippen LogP) is 2.42. The van der Waals surface area contributed by atoms with Crippen molar-refractivity contribution < 1.29 is 17.7 Å². The zero-order chi connectivity index (χ0) is 11.8. The highest BCUT2D eigenvalue weighted by molar-refractivity contribution is 9.10. The summed E-state index contributed by atoms with van der Waals surface area (Å²) < 4.78 is 35.0. The van der Waals surface area contributed by atoms with Crippen LogP contribution in [0.4, 0.5) is 10.1 Å². The van der Waals surface area contributed by atoms with Crippen LogP contribution < -0.4 is 0 Å². The van der Waals surface area contributed by atoms with Crippen LogP contribution in [0, 0.1) is 15.9 Å². The van der Waals surface area contributed by atoms with Gasteiger partial charge < -0.3 is 0 Å². The van der Waals surface area contributed by atoms with Crippen molar-refractivity contribution in [1.29, 1.82) is 0 Å². The standard InChI is InChI=1S/C6H2BrClFNO4S/c7-3-1-2-4(10(11)12)5(9)6(3)15(8,13)14/h1-2H. The van der Waals surface area contributed by atoms with Gasteiger partial charge in [-0.1, -0.05) is 0 Å². The van der Waals surface area contributed by atoms with Crippen LogP contribution in [0.15, 0.2) is 21.5 Å². The Balaban J connectivity index is 3.66. The lowest BCUT2D eigenvalue weighted by Gasteiger charge is -2.02. The minimum atomic E-state index is -4.37. The molecule has 1 aromatic rings. The summed E-state index contributed by atoms with van der Waals surface area (Å²) in [6.45, 7) is 0. The lowest BCUT2D eigenvalue weighted by atomic mass is 10.3. The van der Waals surface area contributed by atoms with Gasteiger partial charge in [0, 0.05) is 21.2 Å². The molecule has 0 amide bonds. The maximum atomic E-state index is 13.3. The van der Waals surface area contributed by atoms with E-state index in [0.717, 1.165) is 12.1 Å². The van der Waals surface area contributed by atoms with E-state index in [1.165, 1.54) is 0 Å². The fraction of sp³-hybridized carbons (Fsp3) is 0. The Labute approximate surface area is 96.5 Å². The molecule has 0 spiro atoms. The van der Waals surface area contributed by atoms with Crippen LogP contribution in [0.5, 0.6) is 0 Å². The highest BCUT2D eigenvalue weighted by Gasteiger charge is 2.27. The molecular formula is C6H2BrClFNO4S. The molecule has 0 aromatic heterocycles. The number of hydrogen-bond donors (Lipinski definition) is 0. The first kappa shape index (κ1) is 12.3. The molecule has 0 bridgehead atoms. The van der Waals surface area contributed by atoms with E-state index in [4.69, 9.17) is 10.7 Å². The van der Waals surface area contributed by atoms with Gasteiger partial charge in [0.1, 0.15) is 4.90 Å². The number of nitro benzene ring substituents is 1. The summed E-state index contributed by atoms with van der Waals surface area (Å²) in [6, 6.07) is 1.88. The van der Waals surface area contributed by atoms with Crippen LogP contribution in [0.3, 0.4) is 0 Å². The predicted molar refractivity (Wildman–Crippen MR) is 53.8 cm³/mol. The Hall–Kier alpha value is -0.730. The third-order valence-corrected chi connectivity index (χ3v) is 3.74. The smallest absolute Gasteiger partial charge is 0.258 e. The molecular weight excluding hydrogens is 316 g/mol. The van der Waals surface area contributed by atoms with Gasteiger partial charge in [0.2, 0.25) is 5.82 Å². The van der Waals surface area contributed by atoms with Crippen LogP contribution in [0.25, 0.3) is 0 Å². The number of nitro groups is 1. The van der Waals surface area contributed by atoms with E-state index in [9.17, 15) is 22.9 Å². The molecule has 0 radical (unpaired) electrons. The quantitative estimate of drug-likeness (QED) is 0.476. The summed E-state index contributed by atoms with van der Waals surface area (Å²) in [6.07, 6.45) is 0. The summed E-state index contributed by atoms with van der Waals surface area (Å²) in [5.74, 6) is -1.48. The van der Waals surface area contributed by atoms with Gasteiger partial charge in [-0.15, -0.1) is 0 Å². The zero-order valence-corrected chi connectivity index (χ0v) is 9.94. The molecule has 0 aliphatic carbocycles. The normalized spacial score (nSPS) is 11.4. The van der Waals surface area contributed by atoms with Gasteiger partial charge in [0.05, 0.1) is 4.92 Å². The monoisotopic (exact) mass is 317 g/mol. The molecule has 15 heavy (non-hydrogen) atoms. The Morgan fingerprint density at radius 2 is 2.00 bits per heavy atom. The summed E-state index contributed by atoms with van der Waals surface area (Å²) in [5.41, 5.74) is -0.947. The fourth-order valence-corrected chi connectivity index (χ4v) is 3.18. The van der Waals surface area contributed by atoms with Crippen LogP contribution in [-0.4, -0.2) is 13.3 Å². The largest absolute Gasteiger partial charge is 0.306 e. The molecule has 0 heterocycles. The minimum absolute atomic E-state index is 0.166. The highest BCUT2D eigenvalue weighted by atomic mass is 79.9. The Morgan fingerprint density at radius 1 is 1.47 bits per heavy atom. The van der Waals surface area contributed by atoms with Gasteiger partial charge in [-0.2, -0.15) is 4.39 Å². The number of halogens is 3. The van der Waals surface area contributed by atoms with Crippen molar-refractivity contribution in [2.24, 2.45) is 0 Å². The Kier molecular flexibility index (Phi) is 3.31. The van der Waals surface area contributed by atoms with Crippen molar-refractivity contribution in [1.82, 2.24) is 0 Å². The van der Waals surface area contributed by atoms with Gasteiger partial charge in [-0.25, -0.2) is 8.42 Å². The summed E-state index contributed by atoms with van der Waals surface area (Å²) in [5, 5.41) is 10.3. The van der Waals surface area contributed by atoms with Crippen LogP contribution >= 0.6 is 26.6 Å². The maximum absolute atomic E-state index is 13.3. The Morgan fingerprint density at radius 3 is 2.40 bits per heavy atom. The molecule has 0 aliphatic rings. The molecule has 0 aliphatic heterocycles. The van der Waals surface area contributed by atoms with Crippen molar-refractivity contribution in [2.45, 2.75) is 4.90 Å². The molecule has 9 heteroatoms. The maximum Gasteiger partial charge on any atom is 0.306 e. The van der Waals surface area contributed by atoms with Gasteiger partial charge in [0.15, 0.2) is 0 Å². The lowest BCUT2D eigenvalue weighted by molar-refractivity contribution is -0.387. The summed E-state index contributed by atoms with van der Waals surface area (Å²) >= 11 is 2.74. The van der Waals surface area contributed by atoms with E-state index in [0.29, 0.717) is 0 Å². The van der Waals surface area contributed by atoms with Gasteiger partial charge in [-0.05, 0) is 22.0 Å². The van der Waals surface area contributed by atoms with Gasteiger partial charge >= 0.3 is 5.69 Å². The molecule has 82 valence electrons. The van der Waals surface area contributed by atoms with E-state index < -0.39 is 30.4 Å². The number of rotatable bonds is 2. The molecule has 0 atom stereocenters. The second-order valence-corrected chi connectivity index (χ2v) is 5.76. The molecule has 1 aromatic carbocycles. The second kappa shape index (κ2) is 4.03. The molecule has 0 saturated heterocycles. The van der Waals surface area contributed by atoms with Crippen molar-refractivity contribution in [2.75, 3.05) is 0 Å². The fourth-order valence-electron chi connectivity index (χ4n) is 0.887. The molecule has 0 fully saturated rings. The van der Waals surface area contributed by atoms with E-state index >= 15 is 0 Å². The summed E-state index contributed by atoms with van der Waals surface area (Å²) in [7, 11) is 0.551. The highest BCUT2D eigenvalue weighted by Crippen LogP contribution is 2.32. The van der Waals surface area contributed by atoms with E-state index in [1.54, 1.807) is 0 Å². The van der Waals surface area contributed by atoms with E-state index in [-0.39, 0.29) is 4.47 Å². The van der Waals surface area contributed by atoms with E-state index in [2.05, 4.69) is 15.9 Å². The van der Waals surface area contributed by atoms with Crippen molar-refractivity contribution >= 4 is 41.4 Å². The van der Waals surface area contributed by atoms with Gasteiger partial charge in [0.25, 0.3) is 9.05 Å². The minimum Gasteiger partial charge on any atom is -0.258 e. The first-order valence-electron chi connectivity index (χ1n) is 3.32. The molecule has 0 N–H and O–H groups in total. The number of nitrogens with zero attached hydrogens (tertiary/aromatic N) is 1. The Bertz CT molecular complexity index is 532. The number of hydrogen-bond acceptors (Lipinski definition) is 4. The van der Waals surface area contributed by atoms with Crippen LogP contribution in [0.2, 0.25) is 0 Å². The number of benzene rings is 1. The molecule has 0 unspecified atom stereocenters. The lowest BCUT2D eigenvalue weighted by Crippen LogP contribution is -2.01. The summed E-state index contributed by atoms with van der Waals surface area (Å²) in [4.78, 5) is 8.36. The van der Waals surface area contributed by atoms with Crippen molar-refractivity contribution in [3.63, 3.8) is 0 Å². The molecule has 5 nitrogen and oxygen atoms in total. The zero-order valence-electron chi connectivity index (χ0n) is 6.78. The SMILES string of the molecule is O=[N+]([O-])c1ccc(Br)c(S(=O)(=O)Cl)c1F. The van der Waals surface area contributed by atoms with E-state index in [1.807, 2.05) is 0 Å². The average molecular weight is 319 g/mol. The van der Waals surface area contributed by atoms with Gasteiger partial charge in [-0.3, -0.25) is 10.1 Å². The first-order valence-corrected chi connectivity index (χ1v) is 6.42. The second-order valence-electron chi connectivity index (χ2n) is 2.40. The van der Waals surface area contributed by atoms with Crippen molar-refractivity contribution in [3.8, 4) is 0 Å². The first-order chi connectivity index (χ1) is 6.75.